The third-order valence-corrected chi connectivity index (χ3v) is 1.92. The lowest BCUT2D eigenvalue weighted by atomic mass is 10.3. The van der Waals surface area contributed by atoms with Crippen LogP contribution in [0.1, 0.15) is 19.8 Å². The Morgan fingerprint density at radius 1 is 1.33 bits per heavy atom. The van der Waals surface area contributed by atoms with Crippen LogP contribution in [0, 0.1) is 0 Å². The molecule has 0 aromatic rings. The Morgan fingerprint density at radius 2 is 2.00 bits per heavy atom. The number of hydrogen-bond acceptors (Lipinski definition) is 3. The minimum atomic E-state index is -2.36. The number of ether oxygens (including phenoxy) is 1. The van der Waals surface area contributed by atoms with Gasteiger partial charge in [0.2, 0.25) is 0 Å². The number of rotatable bonds is 9. The van der Waals surface area contributed by atoms with Crippen molar-refractivity contribution in [2.75, 3.05) is 33.4 Å². The van der Waals surface area contributed by atoms with E-state index in [1.54, 1.807) is 7.05 Å². The van der Waals surface area contributed by atoms with Crippen molar-refractivity contribution in [1.82, 2.24) is 4.90 Å². The van der Waals surface area contributed by atoms with Crippen molar-refractivity contribution in [2.24, 2.45) is 0 Å². The lowest BCUT2D eigenvalue weighted by Gasteiger charge is -2.19. The molecule has 1 N–H and O–H groups in total. The molecule has 92 valence electrons. The first-order chi connectivity index (χ1) is 7.06. The summed E-state index contributed by atoms with van der Waals surface area (Å²) in [6.07, 6.45) is -1.05. The number of hydrogen-bond donors (Lipinski definition) is 1. The van der Waals surface area contributed by atoms with E-state index in [0.29, 0.717) is 6.61 Å². The molecule has 0 aliphatic rings. The SMILES string of the molecule is CCCCOCC(O)CN(C)CC(F)F. The molecule has 0 aromatic heterocycles. The van der Waals surface area contributed by atoms with Gasteiger partial charge in [0.25, 0.3) is 6.43 Å². The second-order valence-corrected chi connectivity index (χ2v) is 3.69. The quantitative estimate of drug-likeness (QED) is 0.601. The summed E-state index contributed by atoms with van der Waals surface area (Å²) in [6, 6.07) is 0. The van der Waals surface area contributed by atoms with Gasteiger partial charge in [-0.25, -0.2) is 8.78 Å². The van der Waals surface area contributed by atoms with E-state index in [1.165, 1.54) is 4.90 Å². The normalized spacial score (nSPS) is 13.8. The second-order valence-electron chi connectivity index (χ2n) is 3.69. The highest BCUT2D eigenvalue weighted by atomic mass is 19.3. The molecule has 0 aliphatic carbocycles. The summed E-state index contributed by atoms with van der Waals surface area (Å²) in [5.74, 6) is 0. The molecule has 0 saturated heterocycles. The van der Waals surface area contributed by atoms with Gasteiger partial charge in [0.1, 0.15) is 0 Å². The molecule has 3 nitrogen and oxygen atoms in total. The number of likely N-dealkylation sites (N-methyl/N-ethyl adjacent to an activating group) is 1. The lowest BCUT2D eigenvalue weighted by Crippen LogP contribution is -2.35. The van der Waals surface area contributed by atoms with Crippen molar-refractivity contribution in [3.05, 3.63) is 0 Å². The third-order valence-electron chi connectivity index (χ3n) is 1.92. The summed E-state index contributed by atoms with van der Waals surface area (Å²) in [6.45, 7) is 2.79. The van der Waals surface area contributed by atoms with Crippen LogP contribution in [0.3, 0.4) is 0 Å². The zero-order chi connectivity index (χ0) is 11.7. The van der Waals surface area contributed by atoms with Gasteiger partial charge < -0.3 is 9.84 Å². The molecule has 0 saturated carbocycles. The number of unbranched alkanes of at least 4 members (excludes halogenated alkanes) is 1. The molecule has 0 fully saturated rings. The summed E-state index contributed by atoms with van der Waals surface area (Å²) in [5, 5.41) is 9.42. The molecule has 1 unspecified atom stereocenters. The molecule has 0 bridgehead atoms. The van der Waals surface area contributed by atoms with E-state index in [-0.39, 0.29) is 19.7 Å². The Balaban J connectivity index is 3.42. The van der Waals surface area contributed by atoms with Gasteiger partial charge in [0, 0.05) is 13.2 Å². The van der Waals surface area contributed by atoms with Crippen LogP contribution in [0.15, 0.2) is 0 Å². The molecule has 0 rings (SSSR count). The summed E-state index contributed by atoms with van der Waals surface area (Å²) in [5.41, 5.74) is 0. The molecular formula is C10H21F2NO2. The van der Waals surface area contributed by atoms with E-state index < -0.39 is 12.5 Å². The largest absolute Gasteiger partial charge is 0.389 e. The van der Waals surface area contributed by atoms with E-state index >= 15 is 0 Å². The van der Waals surface area contributed by atoms with Crippen molar-refractivity contribution in [3.8, 4) is 0 Å². The van der Waals surface area contributed by atoms with Crippen LogP contribution in [0.5, 0.6) is 0 Å². The van der Waals surface area contributed by atoms with Gasteiger partial charge in [-0.1, -0.05) is 13.3 Å². The van der Waals surface area contributed by atoms with E-state index in [2.05, 4.69) is 6.92 Å². The highest BCUT2D eigenvalue weighted by Crippen LogP contribution is 1.98. The first-order valence-corrected chi connectivity index (χ1v) is 5.28. The van der Waals surface area contributed by atoms with Crippen LogP contribution in [0.2, 0.25) is 0 Å². The van der Waals surface area contributed by atoms with E-state index in [0.717, 1.165) is 12.8 Å². The molecule has 5 heteroatoms. The smallest absolute Gasteiger partial charge is 0.251 e. The number of alkyl halides is 2. The van der Waals surface area contributed by atoms with Crippen molar-refractivity contribution in [3.63, 3.8) is 0 Å². The second kappa shape index (κ2) is 9.00. The van der Waals surface area contributed by atoms with Crippen LogP contribution in [0.25, 0.3) is 0 Å². The summed E-state index contributed by atoms with van der Waals surface area (Å²) in [7, 11) is 1.56. The number of aliphatic hydroxyl groups is 1. The Hall–Kier alpha value is -0.260. The maximum Gasteiger partial charge on any atom is 0.251 e. The minimum Gasteiger partial charge on any atom is -0.389 e. The predicted molar refractivity (Wildman–Crippen MR) is 55.2 cm³/mol. The van der Waals surface area contributed by atoms with Crippen molar-refractivity contribution >= 4 is 0 Å². The maximum atomic E-state index is 11.9. The Bertz CT molecular complexity index is 147. The topological polar surface area (TPSA) is 32.7 Å². The molecule has 1 atom stereocenters. The maximum absolute atomic E-state index is 11.9. The average Bonchev–Trinajstić information content (AvgIpc) is 2.10. The van der Waals surface area contributed by atoms with Crippen molar-refractivity contribution < 1.29 is 18.6 Å². The van der Waals surface area contributed by atoms with Gasteiger partial charge in [-0.15, -0.1) is 0 Å². The average molecular weight is 225 g/mol. The molecular weight excluding hydrogens is 204 g/mol. The van der Waals surface area contributed by atoms with Gasteiger partial charge in [0.15, 0.2) is 0 Å². The first-order valence-electron chi connectivity index (χ1n) is 5.28. The van der Waals surface area contributed by atoms with E-state index in [9.17, 15) is 13.9 Å². The molecule has 0 heterocycles. The van der Waals surface area contributed by atoms with Crippen molar-refractivity contribution in [2.45, 2.75) is 32.3 Å². The zero-order valence-electron chi connectivity index (χ0n) is 9.46. The van der Waals surface area contributed by atoms with Gasteiger partial charge in [0.05, 0.1) is 19.3 Å². The fraction of sp³-hybridized carbons (Fsp3) is 1.00. The summed E-state index contributed by atoms with van der Waals surface area (Å²) < 4.78 is 29.0. The summed E-state index contributed by atoms with van der Waals surface area (Å²) >= 11 is 0. The Labute approximate surface area is 90.0 Å². The standard InChI is InChI=1S/C10H21F2NO2/c1-3-4-5-15-8-9(14)6-13(2)7-10(11)12/h9-10,14H,3-8H2,1-2H3. The van der Waals surface area contributed by atoms with Gasteiger partial charge >= 0.3 is 0 Å². The van der Waals surface area contributed by atoms with Gasteiger partial charge in [-0.3, -0.25) is 4.90 Å². The lowest BCUT2D eigenvalue weighted by molar-refractivity contribution is 0.00951. The fourth-order valence-corrected chi connectivity index (χ4v) is 1.19. The van der Waals surface area contributed by atoms with Crippen molar-refractivity contribution in [1.29, 1.82) is 0 Å². The highest BCUT2D eigenvalue weighted by molar-refractivity contribution is 4.61. The van der Waals surface area contributed by atoms with Crippen LogP contribution >= 0.6 is 0 Å². The van der Waals surface area contributed by atoms with Crippen LogP contribution in [-0.2, 0) is 4.74 Å². The van der Waals surface area contributed by atoms with E-state index in [4.69, 9.17) is 4.74 Å². The van der Waals surface area contributed by atoms with Gasteiger partial charge in [-0.05, 0) is 13.5 Å². The zero-order valence-corrected chi connectivity index (χ0v) is 9.46. The Kier molecular flexibility index (Phi) is 8.85. The van der Waals surface area contributed by atoms with Gasteiger partial charge in [-0.2, -0.15) is 0 Å². The van der Waals surface area contributed by atoms with Crippen LogP contribution in [0.4, 0.5) is 8.78 Å². The molecule has 0 spiro atoms. The number of aliphatic hydroxyl groups excluding tert-OH is 1. The highest BCUT2D eigenvalue weighted by Gasteiger charge is 2.12. The minimum absolute atomic E-state index is 0.216. The fourth-order valence-electron chi connectivity index (χ4n) is 1.19. The number of halogens is 2. The third kappa shape index (κ3) is 10.0. The molecule has 0 aliphatic heterocycles. The van der Waals surface area contributed by atoms with Crippen LogP contribution < -0.4 is 0 Å². The molecule has 0 radical (unpaired) electrons. The monoisotopic (exact) mass is 225 g/mol. The van der Waals surface area contributed by atoms with E-state index in [1.807, 2.05) is 0 Å². The summed E-state index contributed by atoms with van der Waals surface area (Å²) in [4.78, 5) is 1.40. The molecule has 0 aromatic carbocycles. The first kappa shape index (κ1) is 14.7. The Morgan fingerprint density at radius 3 is 2.53 bits per heavy atom. The molecule has 15 heavy (non-hydrogen) atoms. The number of nitrogens with zero attached hydrogens (tertiary/aromatic N) is 1. The predicted octanol–water partition coefficient (Wildman–Crippen LogP) is 1.36. The van der Waals surface area contributed by atoms with Crippen LogP contribution in [-0.4, -0.2) is 55.9 Å². The molecule has 0 amide bonds.